The molecule has 2 bridgehead atoms. The molecule has 3 saturated heterocycles. The number of rotatable bonds is 3. The third-order valence-electron chi connectivity index (χ3n) is 6.61. The lowest BCUT2D eigenvalue weighted by Gasteiger charge is -2.26. The predicted molar refractivity (Wildman–Crippen MR) is 108 cm³/mol. The Morgan fingerprint density at radius 2 is 1.55 bits per heavy atom. The molecule has 9 heteroatoms. The maximum absolute atomic E-state index is 13.3. The molecule has 1 unspecified atom stereocenters. The van der Waals surface area contributed by atoms with E-state index in [1.165, 1.54) is 24.3 Å². The standard InChI is InChI=1S/C22H17FN2O5S/c1-31(28)13-8-2-10(3-9-13)17-16-18-14-15(19(29-18)20(16)30-24-17)22(27)25(21(14)26)12-6-4-11(23)5-7-12/h2-9,14-16,18-20H,1H3/t14-,15+,16-,18-,19+,20-,31?/m1/s1. The van der Waals surface area contributed by atoms with Crippen molar-refractivity contribution in [3.8, 4) is 0 Å². The van der Waals surface area contributed by atoms with E-state index in [1.54, 1.807) is 18.4 Å². The molecule has 158 valence electrons. The summed E-state index contributed by atoms with van der Waals surface area (Å²) in [5.41, 5.74) is 1.83. The number of carbonyl (C=O) groups excluding carboxylic acids is 2. The summed E-state index contributed by atoms with van der Waals surface area (Å²) in [5.74, 6) is -2.65. The highest BCUT2D eigenvalue weighted by molar-refractivity contribution is 7.84. The minimum atomic E-state index is -1.09. The predicted octanol–water partition coefficient (Wildman–Crippen LogP) is 1.87. The molecule has 0 spiro atoms. The van der Waals surface area contributed by atoms with E-state index in [4.69, 9.17) is 9.57 Å². The van der Waals surface area contributed by atoms with Crippen molar-refractivity contribution >= 4 is 34.0 Å². The minimum Gasteiger partial charge on any atom is -0.389 e. The Labute approximate surface area is 179 Å². The molecule has 7 atom stereocenters. The van der Waals surface area contributed by atoms with Gasteiger partial charge in [0.15, 0.2) is 6.10 Å². The molecule has 4 aliphatic rings. The Morgan fingerprint density at radius 1 is 0.903 bits per heavy atom. The number of fused-ring (bicyclic) bond motifs is 8. The van der Waals surface area contributed by atoms with Gasteiger partial charge in [0.2, 0.25) is 11.8 Å². The van der Waals surface area contributed by atoms with Crippen molar-refractivity contribution in [2.24, 2.45) is 22.9 Å². The summed E-state index contributed by atoms with van der Waals surface area (Å²) in [6.45, 7) is 0. The van der Waals surface area contributed by atoms with Gasteiger partial charge in [0.1, 0.15) is 11.9 Å². The van der Waals surface area contributed by atoms with Crippen LogP contribution in [0, 0.1) is 23.6 Å². The van der Waals surface area contributed by atoms with Crippen LogP contribution in [0.25, 0.3) is 0 Å². The minimum absolute atomic E-state index is 0.269. The first kappa shape index (κ1) is 18.8. The smallest absolute Gasteiger partial charge is 0.240 e. The van der Waals surface area contributed by atoms with E-state index in [-0.39, 0.29) is 17.7 Å². The molecule has 0 aliphatic carbocycles. The van der Waals surface area contributed by atoms with Gasteiger partial charge in [-0.15, -0.1) is 0 Å². The third kappa shape index (κ3) is 2.53. The van der Waals surface area contributed by atoms with E-state index in [0.29, 0.717) is 16.3 Å². The molecule has 0 N–H and O–H groups in total. The first-order chi connectivity index (χ1) is 15.0. The number of anilines is 1. The Hall–Kier alpha value is -2.91. The summed E-state index contributed by atoms with van der Waals surface area (Å²) >= 11 is 0. The second-order valence-electron chi connectivity index (χ2n) is 8.16. The molecule has 31 heavy (non-hydrogen) atoms. The van der Waals surface area contributed by atoms with Crippen molar-refractivity contribution in [1.29, 1.82) is 0 Å². The van der Waals surface area contributed by atoms with Crippen LogP contribution in [-0.4, -0.2) is 46.3 Å². The second-order valence-corrected chi connectivity index (χ2v) is 9.54. The van der Waals surface area contributed by atoms with E-state index >= 15 is 0 Å². The van der Waals surface area contributed by atoms with Crippen LogP contribution in [0.3, 0.4) is 0 Å². The fraction of sp³-hybridized carbons (Fsp3) is 0.318. The first-order valence-corrected chi connectivity index (χ1v) is 11.5. The molecule has 6 rings (SSSR count). The van der Waals surface area contributed by atoms with Crippen LogP contribution in [-0.2, 0) is 30.0 Å². The van der Waals surface area contributed by atoms with Gasteiger partial charge >= 0.3 is 0 Å². The van der Waals surface area contributed by atoms with E-state index in [1.807, 2.05) is 12.1 Å². The zero-order valence-corrected chi connectivity index (χ0v) is 17.1. The van der Waals surface area contributed by atoms with Gasteiger partial charge in [-0.1, -0.05) is 17.3 Å². The van der Waals surface area contributed by atoms with Gasteiger partial charge in [0, 0.05) is 22.0 Å². The van der Waals surface area contributed by atoms with Crippen LogP contribution in [0.4, 0.5) is 10.1 Å². The summed E-state index contributed by atoms with van der Waals surface area (Å²) in [6.07, 6.45) is 0.0839. The van der Waals surface area contributed by atoms with Gasteiger partial charge in [-0.2, -0.15) is 0 Å². The number of nitrogens with zero attached hydrogens (tertiary/aromatic N) is 2. The molecule has 0 aromatic heterocycles. The van der Waals surface area contributed by atoms with Gasteiger partial charge in [-0.25, -0.2) is 9.29 Å². The fourth-order valence-corrected chi connectivity index (χ4v) is 5.78. The van der Waals surface area contributed by atoms with Gasteiger partial charge in [0.05, 0.1) is 35.3 Å². The molecule has 4 heterocycles. The zero-order chi connectivity index (χ0) is 21.4. The van der Waals surface area contributed by atoms with Crippen molar-refractivity contribution in [3.05, 3.63) is 59.9 Å². The largest absolute Gasteiger partial charge is 0.389 e. The summed E-state index contributed by atoms with van der Waals surface area (Å²) in [5, 5.41) is 4.25. The third-order valence-corrected chi connectivity index (χ3v) is 7.54. The van der Waals surface area contributed by atoms with Gasteiger partial charge in [-0.3, -0.25) is 13.8 Å². The van der Waals surface area contributed by atoms with Crippen molar-refractivity contribution in [2.45, 2.75) is 23.2 Å². The number of imide groups is 1. The number of oxime groups is 1. The van der Waals surface area contributed by atoms with Crippen molar-refractivity contribution in [1.82, 2.24) is 0 Å². The molecule has 2 aromatic carbocycles. The highest BCUT2D eigenvalue weighted by Crippen LogP contribution is 2.55. The molecule has 7 nitrogen and oxygen atoms in total. The normalized spacial score (nSPS) is 33.9. The Morgan fingerprint density at radius 3 is 2.19 bits per heavy atom. The summed E-state index contributed by atoms with van der Waals surface area (Å²) in [4.78, 5) is 33.9. The molecule has 3 fully saturated rings. The monoisotopic (exact) mass is 440 g/mol. The van der Waals surface area contributed by atoms with Crippen LogP contribution in [0.1, 0.15) is 5.56 Å². The summed E-state index contributed by atoms with van der Waals surface area (Å²) < 4.78 is 31.1. The number of benzene rings is 2. The maximum atomic E-state index is 13.3. The number of hydrogen-bond acceptors (Lipinski definition) is 6. The number of halogens is 1. The van der Waals surface area contributed by atoms with E-state index in [0.717, 1.165) is 10.5 Å². The fourth-order valence-electron chi connectivity index (χ4n) is 5.26. The Bertz CT molecular complexity index is 1170. The number of ether oxygens (including phenoxy) is 1. The van der Waals surface area contributed by atoms with Crippen molar-refractivity contribution in [3.63, 3.8) is 0 Å². The first-order valence-electron chi connectivity index (χ1n) is 9.92. The van der Waals surface area contributed by atoms with Crippen molar-refractivity contribution < 1.29 is 27.8 Å². The van der Waals surface area contributed by atoms with Crippen LogP contribution in [0.15, 0.2) is 58.6 Å². The van der Waals surface area contributed by atoms with Gasteiger partial charge < -0.3 is 9.57 Å². The van der Waals surface area contributed by atoms with Crippen LogP contribution in [0.2, 0.25) is 0 Å². The maximum Gasteiger partial charge on any atom is 0.240 e. The van der Waals surface area contributed by atoms with E-state index in [2.05, 4.69) is 5.16 Å². The topological polar surface area (TPSA) is 85.3 Å². The molecule has 4 aliphatic heterocycles. The lowest BCUT2D eigenvalue weighted by Crippen LogP contribution is -2.45. The highest BCUT2D eigenvalue weighted by Gasteiger charge is 2.72. The summed E-state index contributed by atoms with van der Waals surface area (Å²) in [7, 11) is -1.09. The average molecular weight is 440 g/mol. The lowest BCUT2D eigenvalue weighted by atomic mass is 9.71. The number of amides is 2. The number of hydrogen-bond donors (Lipinski definition) is 0. The lowest BCUT2D eigenvalue weighted by molar-refractivity contribution is -0.125. The van der Waals surface area contributed by atoms with Crippen LogP contribution < -0.4 is 4.90 Å². The highest BCUT2D eigenvalue weighted by atomic mass is 32.2. The molecular formula is C22H17FN2O5S. The molecule has 0 saturated carbocycles. The van der Waals surface area contributed by atoms with E-state index < -0.39 is 46.8 Å². The Balaban J connectivity index is 1.32. The molecule has 2 amide bonds. The molecular weight excluding hydrogens is 423 g/mol. The molecule has 2 aromatic rings. The quantitative estimate of drug-likeness (QED) is 0.681. The van der Waals surface area contributed by atoms with Crippen LogP contribution in [0.5, 0.6) is 0 Å². The second kappa shape index (κ2) is 6.54. The molecule has 0 radical (unpaired) electrons. The average Bonchev–Trinajstić information content (AvgIpc) is 3.49. The van der Waals surface area contributed by atoms with Gasteiger partial charge in [0.25, 0.3) is 0 Å². The van der Waals surface area contributed by atoms with Crippen molar-refractivity contribution in [2.75, 3.05) is 11.2 Å². The Kier molecular flexibility index (Phi) is 3.97. The van der Waals surface area contributed by atoms with E-state index in [9.17, 15) is 18.2 Å². The van der Waals surface area contributed by atoms with Gasteiger partial charge in [-0.05, 0) is 42.0 Å². The number of carbonyl (C=O) groups is 2. The zero-order valence-electron chi connectivity index (χ0n) is 16.3. The van der Waals surface area contributed by atoms with Crippen LogP contribution >= 0.6 is 0 Å². The summed E-state index contributed by atoms with van der Waals surface area (Å²) in [6, 6.07) is 12.5. The SMILES string of the molecule is CS(=O)c1ccc(C2=NO[C@H]3[C@H]4O[C@@H]([C@@H]23)[C@@H]2C(=O)N(c3ccc(F)cc3)C(=O)[C@H]42)cc1.